The molecule has 26 heavy (non-hydrogen) atoms. The van der Waals surface area contributed by atoms with Gasteiger partial charge in [0, 0.05) is 18.3 Å². The van der Waals surface area contributed by atoms with Gasteiger partial charge in [-0.15, -0.1) is 0 Å². The molecule has 5 aliphatic rings. The van der Waals surface area contributed by atoms with Crippen LogP contribution in [0, 0.1) is 35.5 Å². The van der Waals surface area contributed by atoms with Gasteiger partial charge in [-0.1, -0.05) is 46.3 Å². The van der Waals surface area contributed by atoms with Crippen LogP contribution in [0.25, 0.3) is 0 Å². The maximum Gasteiger partial charge on any atom is 0.192 e. The third-order valence-corrected chi connectivity index (χ3v) is 13.3. The van der Waals surface area contributed by atoms with Gasteiger partial charge in [0.15, 0.2) is 8.32 Å². The maximum absolute atomic E-state index is 13.5. The zero-order chi connectivity index (χ0) is 19.1. The Kier molecular flexibility index (Phi) is 4.22. The van der Waals surface area contributed by atoms with Gasteiger partial charge in [0.1, 0.15) is 5.78 Å². The molecule has 2 nitrogen and oxygen atoms in total. The third kappa shape index (κ3) is 2.42. The van der Waals surface area contributed by atoms with E-state index in [-0.39, 0.29) is 16.6 Å². The zero-order valence-electron chi connectivity index (χ0n) is 17.9. The standard InChI is InChI=1S/C23H38O2Si/c1-14(2)19-16-11-12-23(25-26(6,7)22(3,4)5)20-15(9-8-10-17(16)20)13-18(24)21(19)23/h10,14-16,19-21H,8-9,11-13H2,1-7H3/t15-,16+,19+,20+,21?,23+/m0/s1. The summed E-state index contributed by atoms with van der Waals surface area (Å²) in [4.78, 5) is 13.5. The molecule has 4 bridgehead atoms. The largest absolute Gasteiger partial charge is 0.410 e. The lowest BCUT2D eigenvalue weighted by molar-refractivity contribution is -0.191. The van der Waals surface area contributed by atoms with E-state index in [1.54, 1.807) is 5.57 Å². The van der Waals surface area contributed by atoms with Crippen LogP contribution < -0.4 is 0 Å². The van der Waals surface area contributed by atoms with Crippen LogP contribution in [-0.2, 0) is 9.22 Å². The molecule has 5 aliphatic carbocycles. The smallest absolute Gasteiger partial charge is 0.192 e. The summed E-state index contributed by atoms with van der Waals surface area (Å²) in [6.45, 7) is 16.5. The van der Waals surface area contributed by atoms with Crippen molar-refractivity contribution < 1.29 is 9.22 Å². The van der Waals surface area contributed by atoms with E-state index in [4.69, 9.17) is 4.43 Å². The number of ketones is 1. The van der Waals surface area contributed by atoms with E-state index in [2.05, 4.69) is 53.8 Å². The van der Waals surface area contributed by atoms with Crippen LogP contribution in [0.15, 0.2) is 11.6 Å². The van der Waals surface area contributed by atoms with E-state index in [1.165, 1.54) is 19.3 Å². The average Bonchev–Trinajstić information content (AvgIpc) is 2.52. The normalized spacial score (nSPS) is 42.2. The fourth-order valence-corrected chi connectivity index (χ4v) is 8.48. The number of hydrogen-bond acceptors (Lipinski definition) is 2. The third-order valence-electron chi connectivity index (χ3n) is 8.76. The molecule has 5 rings (SSSR count). The van der Waals surface area contributed by atoms with E-state index >= 15 is 0 Å². The Balaban J connectivity index is 1.87. The highest BCUT2D eigenvalue weighted by Crippen LogP contribution is 2.67. The predicted octanol–water partition coefficient (Wildman–Crippen LogP) is 5.98. The van der Waals surface area contributed by atoms with Gasteiger partial charge in [0.2, 0.25) is 0 Å². The van der Waals surface area contributed by atoms with Crippen LogP contribution in [0.1, 0.15) is 66.7 Å². The second-order valence-corrected chi connectivity index (χ2v) is 16.2. The first-order valence-corrected chi connectivity index (χ1v) is 13.8. The van der Waals surface area contributed by atoms with Gasteiger partial charge < -0.3 is 4.43 Å². The molecule has 0 aliphatic heterocycles. The minimum atomic E-state index is -1.95. The van der Waals surface area contributed by atoms with Gasteiger partial charge in [0.25, 0.3) is 0 Å². The molecule has 3 heteroatoms. The van der Waals surface area contributed by atoms with Gasteiger partial charge in [-0.25, -0.2) is 0 Å². The van der Waals surface area contributed by atoms with E-state index in [1.807, 2.05) is 0 Å². The minimum absolute atomic E-state index is 0.145. The lowest BCUT2D eigenvalue weighted by atomic mass is 9.41. The Morgan fingerprint density at radius 1 is 1.19 bits per heavy atom. The molecule has 0 amide bonds. The van der Waals surface area contributed by atoms with Crippen LogP contribution in [0.5, 0.6) is 0 Å². The van der Waals surface area contributed by atoms with Crippen molar-refractivity contribution in [3.63, 3.8) is 0 Å². The monoisotopic (exact) mass is 374 g/mol. The van der Waals surface area contributed by atoms with E-state index in [0.717, 1.165) is 12.8 Å². The Morgan fingerprint density at radius 2 is 1.88 bits per heavy atom. The molecule has 0 aromatic rings. The number of fused-ring (bicyclic) bond motifs is 1. The topological polar surface area (TPSA) is 26.3 Å². The second kappa shape index (κ2) is 5.79. The van der Waals surface area contributed by atoms with Crippen molar-refractivity contribution in [1.82, 2.24) is 0 Å². The molecule has 0 spiro atoms. The van der Waals surface area contributed by atoms with Crippen molar-refractivity contribution in [3.05, 3.63) is 11.6 Å². The number of carbonyl (C=O) groups is 1. The molecule has 0 N–H and O–H groups in total. The van der Waals surface area contributed by atoms with Gasteiger partial charge >= 0.3 is 0 Å². The highest BCUT2D eigenvalue weighted by Gasteiger charge is 2.69. The number of allylic oxidation sites excluding steroid dienone is 1. The highest BCUT2D eigenvalue weighted by molar-refractivity contribution is 6.74. The van der Waals surface area contributed by atoms with Crippen molar-refractivity contribution >= 4 is 14.1 Å². The highest BCUT2D eigenvalue weighted by atomic mass is 28.4. The summed E-state index contributed by atoms with van der Waals surface area (Å²) in [6, 6.07) is 0. The first kappa shape index (κ1) is 18.9. The fourth-order valence-electron chi connectivity index (χ4n) is 6.87. The molecule has 146 valence electrons. The fraction of sp³-hybridized carbons (Fsp3) is 0.870. The van der Waals surface area contributed by atoms with Gasteiger partial charge in [-0.05, 0) is 67.5 Å². The molecule has 4 saturated carbocycles. The van der Waals surface area contributed by atoms with Crippen LogP contribution in [0.3, 0.4) is 0 Å². The molecule has 6 atom stereocenters. The van der Waals surface area contributed by atoms with Crippen LogP contribution in [0.2, 0.25) is 18.1 Å². The van der Waals surface area contributed by atoms with Crippen LogP contribution in [-0.4, -0.2) is 19.7 Å². The number of carbonyl (C=O) groups excluding carboxylic acids is 1. The molecular formula is C23H38O2Si. The summed E-state index contributed by atoms with van der Waals surface area (Å²) in [5.41, 5.74) is 1.51. The molecule has 0 radical (unpaired) electrons. The molecule has 0 aromatic heterocycles. The van der Waals surface area contributed by atoms with Gasteiger partial charge in [-0.2, -0.15) is 0 Å². The number of hydrogen-bond donors (Lipinski definition) is 0. The summed E-state index contributed by atoms with van der Waals surface area (Å²) >= 11 is 0. The summed E-state index contributed by atoms with van der Waals surface area (Å²) in [5.74, 6) is 3.43. The van der Waals surface area contributed by atoms with Crippen LogP contribution in [0.4, 0.5) is 0 Å². The van der Waals surface area contributed by atoms with Crippen LogP contribution >= 0.6 is 0 Å². The molecule has 4 fully saturated rings. The second-order valence-electron chi connectivity index (χ2n) is 11.5. The first-order valence-electron chi connectivity index (χ1n) is 10.9. The zero-order valence-corrected chi connectivity index (χ0v) is 18.9. The quantitative estimate of drug-likeness (QED) is 0.448. The summed E-state index contributed by atoms with van der Waals surface area (Å²) < 4.78 is 7.35. The van der Waals surface area contributed by atoms with Crippen molar-refractivity contribution in [3.8, 4) is 0 Å². The molecule has 0 aromatic carbocycles. The SMILES string of the molecule is CC(C)[C@H]1C2C(=O)C[C@@H]3CCC=C4[C@H]1CC[C@@]2(O[Si](C)(C)C(C)(C)C)[C@@H]43. The average molecular weight is 375 g/mol. The predicted molar refractivity (Wildman–Crippen MR) is 109 cm³/mol. The lowest BCUT2D eigenvalue weighted by Crippen LogP contribution is -2.71. The van der Waals surface area contributed by atoms with E-state index < -0.39 is 8.32 Å². The first-order chi connectivity index (χ1) is 12.0. The summed E-state index contributed by atoms with van der Waals surface area (Å²) in [5, 5.41) is 0.185. The summed E-state index contributed by atoms with van der Waals surface area (Å²) in [7, 11) is -1.95. The molecular weight excluding hydrogens is 336 g/mol. The lowest BCUT2D eigenvalue weighted by Gasteiger charge is -2.68. The molecule has 1 unspecified atom stereocenters. The Hall–Kier alpha value is -0.413. The van der Waals surface area contributed by atoms with Gasteiger partial charge in [-0.3, -0.25) is 4.79 Å². The Labute approximate surface area is 161 Å². The van der Waals surface area contributed by atoms with Crippen molar-refractivity contribution in [2.24, 2.45) is 35.5 Å². The minimum Gasteiger partial charge on any atom is -0.410 e. The number of rotatable bonds is 3. The number of Topliss-reactive ketones (excluding diaryl/α,β-unsaturated/α-hetero) is 1. The summed E-state index contributed by atoms with van der Waals surface area (Å²) in [6.07, 6.45) is 8.08. The Bertz CT molecular complexity index is 641. The van der Waals surface area contributed by atoms with E-state index in [9.17, 15) is 4.79 Å². The van der Waals surface area contributed by atoms with Crippen molar-refractivity contribution in [2.45, 2.75) is 90.5 Å². The maximum atomic E-state index is 13.5. The van der Waals surface area contributed by atoms with Crippen molar-refractivity contribution in [2.75, 3.05) is 0 Å². The molecule has 0 saturated heterocycles. The Morgan fingerprint density at radius 3 is 2.50 bits per heavy atom. The van der Waals surface area contributed by atoms with Crippen molar-refractivity contribution in [1.29, 1.82) is 0 Å². The van der Waals surface area contributed by atoms with Gasteiger partial charge in [0.05, 0.1) is 5.60 Å². The van der Waals surface area contributed by atoms with E-state index in [0.29, 0.717) is 35.4 Å². The molecule has 0 heterocycles.